The molecule has 8 heteroatoms. The molecule has 0 saturated carbocycles. The van der Waals surface area contributed by atoms with Gasteiger partial charge in [-0.25, -0.2) is 4.98 Å². The number of hydrogen-bond donors (Lipinski definition) is 1. The maximum Gasteiger partial charge on any atom is 0.411 e. The van der Waals surface area contributed by atoms with Gasteiger partial charge in [0, 0.05) is 6.20 Å². The number of rotatable bonds is 4. The predicted molar refractivity (Wildman–Crippen MR) is 57.4 cm³/mol. The molecule has 0 atom stereocenters. The fourth-order valence-corrected chi connectivity index (χ4v) is 1.26. The van der Waals surface area contributed by atoms with E-state index >= 15 is 0 Å². The minimum absolute atomic E-state index is 0.230. The minimum atomic E-state index is -4.44. The normalized spacial score (nSPS) is 11.3. The number of anilines is 1. The molecule has 1 heterocycles. The monoisotopic (exact) mass is 312 g/mol. The molecule has 17 heavy (non-hydrogen) atoms. The summed E-state index contributed by atoms with van der Waals surface area (Å²) in [6.07, 6.45) is -3.00. The minimum Gasteiger partial charge on any atom is -0.362 e. The lowest BCUT2D eigenvalue weighted by molar-refractivity contribution is -0.174. The summed E-state index contributed by atoms with van der Waals surface area (Å²) in [6.45, 7) is -2.13. The molecule has 0 unspecified atom stereocenters. The van der Waals surface area contributed by atoms with Gasteiger partial charge in [0.2, 0.25) is 0 Å². The van der Waals surface area contributed by atoms with Crippen LogP contribution in [0.1, 0.15) is 0 Å². The zero-order valence-electron chi connectivity index (χ0n) is 8.42. The van der Waals surface area contributed by atoms with Crippen LogP contribution in [0.4, 0.5) is 19.0 Å². The summed E-state index contributed by atoms with van der Waals surface area (Å²) in [6, 6.07) is 3.28. The van der Waals surface area contributed by atoms with E-state index in [1.54, 1.807) is 12.1 Å². The zero-order valence-corrected chi connectivity index (χ0v) is 10.0. The lowest BCUT2D eigenvalue weighted by Crippen LogP contribution is -2.24. The Morgan fingerprint density at radius 3 is 2.82 bits per heavy atom. The average molecular weight is 313 g/mol. The molecule has 0 aliphatic rings. The third kappa shape index (κ3) is 5.64. The number of aromatic nitrogens is 1. The van der Waals surface area contributed by atoms with Crippen LogP contribution in [0, 0.1) is 0 Å². The Balaban J connectivity index is 2.38. The van der Waals surface area contributed by atoms with E-state index in [1.165, 1.54) is 6.20 Å². The number of amides is 1. The average Bonchev–Trinajstić information content (AvgIpc) is 2.19. The predicted octanol–water partition coefficient (Wildman–Crippen LogP) is 2.36. The van der Waals surface area contributed by atoms with Gasteiger partial charge in [0.25, 0.3) is 5.91 Å². The number of carbonyl (C=O) groups excluding carboxylic acids is 1. The van der Waals surface area contributed by atoms with Gasteiger partial charge in [0.05, 0.1) is 4.47 Å². The molecular formula is C9H8BrF3N2O2. The van der Waals surface area contributed by atoms with Crippen LogP contribution in [0.15, 0.2) is 22.8 Å². The molecule has 0 aromatic carbocycles. The SMILES string of the molecule is O=C(COCC(F)(F)F)Nc1ncccc1Br. The lowest BCUT2D eigenvalue weighted by atomic mass is 10.4. The van der Waals surface area contributed by atoms with Crippen LogP contribution in [0.5, 0.6) is 0 Å². The smallest absolute Gasteiger partial charge is 0.362 e. The van der Waals surface area contributed by atoms with Gasteiger partial charge in [-0.05, 0) is 28.1 Å². The van der Waals surface area contributed by atoms with E-state index in [0.717, 1.165) is 0 Å². The molecule has 1 aromatic heterocycles. The van der Waals surface area contributed by atoms with Crippen LogP contribution in [-0.4, -0.2) is 30.3 Å². The molecule has 1 rings (SSSR count). The summed E-state index contributed by atoms with van der Waals surface area (Å²) >= 11 is 3.13. The Bertz CT molecular complexity index is 398. The van der Waals surface area contributed by atoms with Crippen molar-refractivity contribution >= 4 is 27.7 Å². The Kier molecular flexibility index (Phi) is 4.88. The molecule has 4 nitrogen and oxygen atoms in total. The van der Waals surface area contributed by atoms with Crippen LogP contribution in [0.2, 0.25) is 0 Å². The maximum atomic E-state index is 11.7. The standard InChI is InChI=1S/C9H8BrF3N2O2/c10-6-2-1-3-14-8(6)15-7(16)4-17-5-9(11,12)13/h1-3H,4-5H2,(H,14,15,16). The first kappa shape index (κ1) is 13.9. The first-order valence-electron chi connectivity index (χ1n) is 4.43. The molecule has 0 fully saturated rings. The van der Waals surface area contributed by atoms with Gasteiger partial charge in [0.1, 0.15) is 19.0 Å². The number of ether oxygens (including phenoxy) is 1. The quantitative estimate of drug-likeness (QED) is 0.928. The molecule has 1 N–H and O–H groups in total. The fraction of sp³-hybridized carbons (Fsp3) is 0.333. The highest BCUT2D eigenvalue weighted by molar-refractivity contribution is 9.10. The van der Waals surface area contributed by atoms with E-state index < -0.39 is 25.3 Å². The van der Waals surface area contributed by atoms with Crippen molar-refractivity contribution in [1.82, 2.24) is 4.98 Å². The van der Waals surface area contributed by atoms with Gasteiger partial charge in [-0.2, -0.15) is 13.2 Å². The number of carbonyl (C=O) groups is 1. The fourth-order valence-electron chi connectivity index (χ4n) is 0.905. The van der Waals surface area contributed by atoms with Crippen molar-refractivity contribution in [3.8, 4) is 0 Å². The Hall–Kier alpha value is -1.15. The molecule has 1 aromatic rings. The highest BCUT2D eigenvalue weighted by Gasteiger charge is 2.27. The Labute approximate surface area is 103 Å². The molecular weight excluding hydrogens is 305 g/mol. The first-order valence-corrected chi connectivity index (χ1v) is 5.22. The summed E-state index contributed by atoms with van der Waals surface area (Å²) in [5, 5.41) is 2.31. The molecule has 94 valence electrons. The zero-order chi connectivity index (χ0) is 12.9. The van der Waals surface area contributed by atoms with Gasteiger partial charge >= 0.3 is 6.18 Å². The Morgan fingerprint density at radius 1 is 1.53 bits per heavy atom. The van der Waals surface area contributed by atoms with Crippen molar-refractivity contribution in [1.29, 1.82) is 0 Å². The second-order valence-corrected chi connectivity index (χ2v) is 3.84. The van der Waals surface area contributed by atoms with Crippen LogP contribution < -0.4 is 5.32 Å². The second-order valence-electron chi connectivity index (χ2n) is 2.99. The summed E-state index contributed by atoms with van der Waals surface area (Å²) in [7, 11) is 0. The third-order valence-electron chi connectivity index (χ3n) is 1.52. The molecule has 0 spiro atoms. The highest BCUT2D eigenvalue weighted by atomic mass is 79.9. The van der Waals surface area contributed by atoms with Crippen LogP contribution in [0.25, 0.3) is 0 Å². The van der Waals surface area contributed by atoms with E-state index in [9.17, 15) is 18.0 Å². The highest BCUT2D eigenvalue weighted by Crippen LogP contribution is 2.18. The van der Waals surface area contributed by atoms with Gasteiger partial charge in [-0.1, -0.05) is 0 Å². The van der Waals surface area contributed by atoms with Crippen molar-refractivity contribution in [2.24, 2.45) is 0 Å². The summed E-state index contributed by atoms with van der Waals surface area (Å²) < 4.78 is 39.9. The summed E-state index contributed by atoms with van der Waals surface area (Å²) in [4.78, 5) is 15.0. The molecule has 0 radical (unpaired) electrons. The van der Waals surface area contributed by atoms with E-state index in [2.05, 4.69) is 31.0 Å². The van der Waals surface area contributed by atoms with Crippen molar-refractivity contribution in [2.75, 3.05) is 18.5 Å². The van der Waals surface area contributed by atoms with Crippen molar-refractivity contribution in [3.63, 3.8) is 0 Å². The molecule has 0 aliphatic heterocycles. The third-order valence-corrected chi connectivity index (χ3v) is 2.16. The lowest BCUT2D eigenvalue weighted by Gasteiger charge is -2.08. The molecule has 0 aliphatic carbocycles. The van der Waals surface area contributed by atoms with Crippen molar-refractivity contribution < 1.29 is 22.7 Å². The Morgan fingerprint density at radius 2 is 2.24 bits per heavy atom. The van der Waals surface area contributed by atoms with E-state index in [1.807, 2.05) is 0 Å². The second kappa shape index (κ2) is 5.97. The summed E-state index contributed by atoms with van der Waals surface area (Å²) in [5.74, 6) is -0.471. The van der Waals surface area contributed by atoms with E-state index in [0.29, 0.717) is 4.47 Å². The number of halogens is 4. The number of nitrogens with one attached hydrogen (secondary N) is 1. The van der Waals surface area contributed by atoms with Gasteiger partial charge < -0.3 is 10.1 Å². The van der Waals surface area contributed by atoms with Crippen LogP contribution >= 0.6 is 15.9 Å². The largest absolute Gasteiger partial charge is 0.411 e. The van der Waals surface area contributed by atoms with Gasteiger partial charge in [0.15, 0.2) is 0 Å². The maximum absolute atomic E-state index is 11.7. The first-order chi connectivity index (χ1) is 7.88. The van der Waals surface area contributed by atoms with Crippen molar-refractivity contribution in [3.05, 3.63) is 22.8 Å². The summed E-state index contributed by atoms with van der Waals surface area (Å²) in [5.41, 5.74) is 0. The van der Waals surface area contributed by atoms with Crippen LogP contribution in [-0.2, 0) is 9.53 Å². The molecule has 1 amide bonds. The number of nitrogens with zero attached hydrogens (tertiary/aromatic N) is 1. The van der Waals surface area contributed by atoms with Gasteiger partial charge in [-0.3, -0.25) is 4.79 Å². The van der Waals surface area contributed by atoms with E-state index in [-0.39, 0.29) is 5.82 Å². The molecule has 0 saturated heterocycles. The number of alkyl halides is 3. The van der Waals surface area contributed by atoms with Crippen molar-refractivity contribution in [2.45, 2.75) is 6.18 Å². The number of hydrogen-bond acceptors (Lipinski definition) is 3. The molecule has 0 bridgehead atoms. The van der Waals surface area contributed by atoms with Crippen LogP contribution in [0.3, 0.4) is 0 Å². The van der Waals surface area contributed by atoms with E-state index in [4.69, 9.17) is 0 Å². The van der Waals surface area contributed by atoms with Gasteiger partial charge in [-0.15, -0.1) is 0 Å². The number of pyridine rings is 1. The topological polar surface area (TPSA) is 51.2 Å².